The van der Waals surface area contributed by atoms with Crippen molar-refractivity contribution in [3.8, 4) is 0 Å². The second-order valence-corrected chi connectivity index (χ2v) is 7.81. The van der Waals surface area contributed by atoms with Gasteiger partial charge < -0.3 is 15.4 Å². The molecule has 4 nitrogen and oxygen atoms in total. The second kappa shape index (κ2) is 6.45. The smallest absolute Gasteiger partial charge is 0.233 e. The average molecular weight is 334 g/mol. The minimum atomic E-state index is -0.608. The van der Waals surface area contributed by atoms with E-state index in [-0.39, 0.29) is 23.2 Å². The Labute approximate surface area is 143 Å². The van der Waals surface area contributed by atoms with Crippen LogP contribution in [0.15, 0.2) is 24.3 Å². The fourth-order valence-corrected chi connectivity index (χ4v) is 3.96. The summed E-state index contributed by atoms with van der Waals surface area (Å²) in [5.41, 5.74) is 6.41. The van der Waals surface area contributed by atoms with Crippen LogP contribution >= 0.6 is 0 Å². The number of rotatable bonds is 2. The maximum Gasteiger partial charge on any atom is 0.233 e. The average Bonchev–Trinajstić information content (AvgIpc) is 2.58. The molecular weight excluding hydrogens is 307 g/mol. The monoisotopic (exact) mass is 334 g/mol. The van der Waals surface area contributed by atoms with Gasteiger partial charge in [0, 0.05) is 32.3 Å². The summed E-state index contributed by atoms with van der Waals surface area (Å²) in [6.45, 7) is 6.70. The molecule has 3 rings (SSSR count). The Morgan fingerprint density at radius 2 is 1.88 bits per heavy atom. The van der Waals surface area contributed by atoms with Gasteiger partial charge >= 0.3 is 0 Å². The first kappa shape index (κ1) is 17.4. The Bertz CT molecular complexity index is 594. The second-order valence-electron chi connectivity index (χ2n) is 7.81. The van der Waals surface area contributed by atoms with Gasteiger partial charge in [0.1, 0.15) is 5.82 Å². The van der Waals surface area contributed by atoms with Crippen molar-refractivity contribution in [2.45, 2.75) is 44.6 Å². The largest absolute Gasteiger partial charge is 0.381 e. The third-order valence-electron chi connectivity index (χ3n) is 5.75. The van der Waals surface area contributed by atoms with Crippen LogP contribution in [0.25, 0.3) is 0 Å². The molecule has 0 bridgehead atoms. The summed E-state index contributed by atoms with van der Waals surface area (Å²) in [6, 6.07) is 6.49. The highest BCUT2D eigenvalue weighted by atomic mass is 19.1. The molecule has 2 heterocycles. The van der Waals surface area contributed by atoms with Crippen LogP contribution in [0, 0.1) is 11.2 Å². The van der Waals surface area contributed by atoms with Crippen LogP contribution in [0.1, 0.15) is 38.7 Å². The predicted octanol–water partition coefficient (Wildman–Crippen LogP) is 2.46. The van der Waals surface area contributed by atoms with E-state index in [1.807, 2.05) is 4.90 Å². The van der Waals surface area contributed by atoms with Gasteiger partial charge in [0.25, 0.3) is 0 Å². The number of hydrogen-bond acceptors (Lipinski definition) is 3. The maximum absolute atomic E-state index is 13.5. The molecule has 1 aromatic rings. The molecule has 2 saturated heterocycles. The Balaban J connectivity index is 1.91. The fraction of sp³-hybridized carbons (Fsp3) is 0.632. The van der Waals surface area contributed by atoms with Gasteiger partial charge in [0.2, 0.25) is 5.91 Å². The standard InChI is InChI=1S/C19H27FN2O2/c1-18(2)13-22(10-7-16(18)21)17(23)19(8-11-24-12-9-19)14-3-5-15(20)6-4-14/h3-6,16H,7-13,21H2,1-2H3. The highest BCUT2D eigenvalue weighted by Crippen LogP contribution is 2.39. The summed E-state index contributed by atoms with van der Waals surface area (Å²) in [6.07, 6.45) is 2.09. The molecule has 2 fully saturated rings. The van der Waals surface area contributed by atoms with Crippen molar-refractivity contribution in [2.24, 2.45) is 11.1 Å². The number of hydrogen-bond donors (Lipinski definition) is 1. The number of amides is 1. The molecule has 0 aromatic heterocycles. The molecule has 1 unspecified atom stereocenters. The third kappa shape index (κ3) is 3.07. The van der Waals surface area contributed by atoms with Gasteiger partial charge in [-0.1, -0.05) is 26.0 Å². The molecule has 132 valence electrons. The summed E-state index contributed by atoms with van der Waals surface area (Å²) in [7, 11) is 0. The number of nitrogens with two attached hydrogens (primary N) is 1. The Hall–Kier alpha value is -1.46. The van der Waals surface area contributed by atoms with Gasteiger partial charge in [-0.25, -0.2) is 4.39 Å². The number of halogens is 1. The van der Waals surface area contributed by atoms with Crippen LogP contribution in [0.5, 0.6) is 0 Å². The van der Waals surface area contributed by atoms with Crippen molar-refractivity contribution in [3.63, 3.8) is 0 Å². The molecule has 0 spiro atoms. The maximum atomic E-state index is 13.5. The molecule has 0 aliphatic carbocycles. The SMILES string of the molecule is CC1(C)CN(C(=O)C2(c3ccc(F)cc3)CCOCC2)CCC1N. The van der Waals surface area contributed by atoms with Crippen LogP contribution in [0.4, 0.5) is 4.39 Å². The minimum Gasteiger partial charge on any atom is -0.381 e. The van der Waals surface area contributed by atoms with E-state index < -0.39 is 5.41 Å². The van der Waals surface area contributed by atoms with Crippen molar-refractivity contribution in [3.05, 3.63) is 35.6 Å². The molecule has 5 heteroatoms. The summed E-state index contributed by atoms with van der Waals surface area (Å²) < 4.78 is 18.8. The minimum absolute atomic E-state index is 0.0942. The summed E-state index contributed by atoms with van der Waals surface area (Å²) >= 11 is 0. The van der Waals surface area contributed by atoms with Crippen LogP contribution in [-0.4, -0.2) is 43.2 Å². The van der Waals surface area contributed by atoms with Crippen molar-refractivity contribution < 1.29 is 13.9 Å². The van der Waals surface area contributed by atoms with E-state index >= 15 is 0 Å². The number of benzene rings is 1. The molecule has 1 aromatic carbocycles. The van der Waals surface area contributed by atoms with E-state index in [1.165, 1.54) is 12.1 Å². The predicted molar refractivity (Wildman–Crippen MR) is 91.1 cm³/mol. The van der Waals surface area contributed by atoms with Gasteiger partial charge in [-0.2, -0.15) is 0 Å². The normalized spacial score (nSPS) is 26.2. The zero-order chi connectivity index (χ0) is 17.4. The number of likely N-dealkylation sites (tertiary alicyclic amines) is 1. The Kier molecular flexibility index (Phi) is 4.67. The molecule has 2 N–H and O–H groups in total. The van der Waals surface area contributed by atoms with E-state index in [2.05, 4.69) is 13.8 Å². The first-order valence-corrected chi connectivity index (χ1v) is 8.74. The third-order valence-corrected chi connectivity index (χ3v) is 5.75. The molecule has 0 saturated carbocycles. The lowest BCUT2D eigenvalue weighted by molar-refractivity contribution is -0.144. The molecule has 1 atom stereocenters. The topological polar surface area (TPSA) is 55.6 Å². The first-order valence-electron chi connectivity index (χ1n) is 8.74. The summed E-state index contributed by atoms with van der Waals surface area (Å²) in [4.78, 5) is 15.4. The van der Waals surface area contributed by atoms with Crippen LogP contribution < -0.4 is 5.73 Å². The lowest BCUT2D eigenvalue weighted by atomic mass is 9.71. The summed E-state index contributed by atoms with van der Waals surface area (Å²) in [5, 5.41) is 0. The van der Waals surface area contributed by atoms with Crippen LogP contribution in [0.2, 0.25) is 0 Å². The van der Waals surface area contributed by atoms with Crippen molar-refractivity contribution >= 4 is 5.91 Å². The molecule has 2 aliphatic heterocycles. The van der Waals surface area contributed by atoms with E-state index in [9.17, 15) is 9.18 Å². The van der Waals surface area contributed by atoms with Crippen LogP contribution in [0.3, 0.4) is 0 Å². The highest BCUT2D eigenvalue weighted by molar-refractivity contribution is 5.88. The number of piperidine rings is 1. The number of carbonyl (C=O) groups excluding carboxylic acids is 1. The number of nitrogens with zero attached hydrogens (tertiary/aromatic N) is 1. The zero-order valence-corrected chi connectivity index (χ0v) is 14.6. The summed E-state index contributed by atoms with van der Waals surface area (Å²) in [5.74, 6) is -0.143. The Morgan fingerprint density at radius 1 is 1.25 bits per heavy atom. The van der Waals surface area contributed by atoms with Gasteiger partial charge in [0.15, 0.2) is 0 Å². The Morgan fingerprint density at radius 3 is 2.46 bits per heavy atom. The van der Waals surface area contributed by atoms with E-state index in [0.717, 1.165) is 12.0 Å². The molecule has 24 heavy (non-hydrogen) atoms. The molecule has 1 amide bonds. The molecular formula is C19H27FN2O2. The van der Waals surface area contributed by atoms with E-state index in [4.69, 9.17) is 10.5 Å². The van der Waals surface area contributed by atoms with Crippen LogP contribution in [-0.2, 0) is 14.9 Å². The van der Waals surface area contributed by atoms with Gasteiger partial charge in [-0.05, 0) is 42.4 Å². The van der Waals surface area contributed by atoms with Crippen molar-refractivity contribution in [2.75, 3.05) is 26.3 Å². The highest BCUT2D eigenvalue weighted by Gasteiger charge is 2.46. The number of carbonyl (C=O) groups is 1. The van der Waals surface area contributed by atoms with Crippen molar-refractivity contribution in [1.82, 2.24) is 4.90 Å². The van der Waals surface area contributed by atoms with Gasteiger partial charge in [0.05, 0.1) is 5.41 Å². The van der Waals surface area contributed by atoms with Gasteiger partial charge in [-0.15, -0.1) is 0 Å². The number of ether oxygens (including phenoxy) is 1. The zero-order valence-electron chi connectivity index (χ0n) is 14.6. The first-order chi connectivity index (χ1) is 11.3. The van der Waals surface area contributed by atoms with E-state index in [0.29, 0.717) is 39.1 Å². The fourth-order valence-electron chi connectivity index (χ4n) is 3.96. The van der Waals surface area contributed by atoms with Gasteiger partial charge in [-0.3, -0.25) is 4.79 Å². The lowest BCUT2D eigenvalue weighted by Gasteiger charge is -2.47. The lowest BCUT2D eigenvalue weighted by Crippen LogP contribution is -2.58. The molecule has 2 aliphatic rings. The quantitative estimate of drug-likeness (QED) is 0.904. The molecule has 0 radical (unpaired) electrons. The van der Waals surface area contributed by atoms with Crippen molar-refractivity contribution in [1.29, 1.82) is 0 Å². The van der Waals surface area contributed by atoms with E-state index in [1.54, 1.807) is 12.1 Å².